The molecule has 1 amide bonds. The molecule has 0 aromatic carbocycles. The van der Waals surface area contributed by atoms with Gasteiger partial charge in [-0.3, -0.25) is 14.8 Å². The number of hydrogen-bond acceptors (Lipinski definition) is 3. The molecule has 4 heteroatoms. The first-order valence-corrected chi connectivity index (χ1v) is 6.30. The zero-order valence-electron chi connectivity index (χ0n) is 11.1. The molecule has 0 saturated heterocycles. The second-order valence-electron chi connectivity index (χ2n) is 4.62. The minimum atomic E-state index is -0.0129. The Kier molecular flexibility index (Phi) is 4.23. The molecule has 0 unspecified atom stereocenters. The van der Waals surface area contributed by atoms with Crippen molar-refractivity contribution in [1.29, 1.82) is 0 Å². The normalized spacial score (nSPS) is 10.5. The second-order valence-corrected chi connectivity index (χ2v) is 4.62. The van der Waals surface area contributed by atoms with Crippen LogP contribution in [0.2, 0.25) is 0 Å². The van der Waals surface area contributed by atoms with E-state index in [-0.39, 0.29) is 11.8 Å². The van der Waals surface area contributed by atoms with Gasteiger partial charge in [0, 0.05) is 36.6 Å². The Morgan fingerprint density at radius 3 is 2.63 bits per heavy atom. The molecular formula is C15H17N3O. The number of carbonyl (C=O) groups is 1. The lowest BCUT2D eigenvalue weighted by molar-refractivity contribution is -0.124. The maximum atomic E-state index is 11.6. The van der Waals surface area contributed by atoms with Crippen molar-refractivity contribution in [3.8, 4) is 11.3 Å². The molecule has 0 spiro atoms. The van der Waals surface area contributed by atoms with Crippen molar-refractivity contribution in [3.63, 3.8) is 0 Å². The maximum Gasteiger partial charge on any atom is 0.222 e. The largest absolute Gasteiger partial charge is 0.352 e. The van der Waals surface area contributed by atoms with Crippen molar-refractivity contribution in [2.24, 2.45) is 5.92 Å². The van der Waals surface area contributed by atoms with E-state index in [1.807, 2.05) is 38.1 Å². The van der Waals surface area contributed by atoms with Crippen LogP contribution in [0.15, 0.2) is 42.9 Å². The summed E-state index contributed by atoms with van der Waals surface area (Å²) < 4.78 is 0. The summed E-state index contributed by atoms with van der Waals surface area (Å²) in [6.45, 7) is 4.24. The van der Waals surface area contributed by atoms with Crippen LogP contribution in [0.3, 0.4) is 0 Å². The summed E-state index contributed by atoms with van der Waals surface area (Å²) in [5.74, 6) is 0.0329. The van der Waals surface area contributed by atoms with Gasteiger partial charge in [-0.25, -0.2) is 0 Å². The van der Waals surface area contributed by atoms with E-state index >= 15 is 0 Å². The van der Waals surface area contributed by atoms with E-state index in [9.17, 15) is 4.79 Å². The zero-order chi connectivity index (χ0) is 13.7. The van der Waals surface area contributed by atoms with Gasteiger partial charge < -0.3 is 5.32 Å². The maximum absolute atomic E-state index is 11.6. The summed E-state index contributed by atoms with van der Waals surface area (Å²) in [4.78, 5) is 20.0. The summed E-state index contributed by atoms with van der Waals surface area (Å²) in [6.07, 6.45) is 5.23. The molecule has 2 aromatic rings. The number of nitrogens with zero attached hydrogens (tertiary/aromatic N) is 2. The number of hydrogen-bond donors (Lipinski definition) is 1. The zero-order valence-corrected chi connectivity index (χ0v) is 11.1. The number of nitrogens with one attached hydrogen (secondary N) is 1. The summed E-state index contributed by atoms with van der Waals surface area (Å²) in [7, 11) is 0. The van der Waals surface area contributed by atoms with Crippen molar-refractivity contribution in [1.82, 2.24) is 15.3 Å². The average molecular weight is 255 g/mol. The number of carbonyl (C=O) groups excluding carboxylic acids is 1. The van der Waals surface area contributed by atoms with Crippen LogP contribution in [0.5, 0.6) is 0 Å². The Labute approximate surface area is 112 Å². The summed E-state index contributed by atoms with van der Waals surface area (Å²) in [5.41, 5.74) is 2.89. The van der Waals surface area contributed by atoms with Gasteiger partial charge in [-0.05, 0) is 23.8 Å². The molecule has 1 N–H and O–H groups in total. The minimum Gasteiger partial charge on any atom is -0.352 e. The highest BCUT2D eigenvalue weighted by Gasteiger charge is 2.09. The number of rotatable bonds is 4. The molecule has 0 radical (unpaired) electrons. The van der Waals surface area contributed by atoms with Crippen molar-refractivity contribution >= 4 is 5.91 Å². The Morgan fingerprint density at radius 2 is 1.95 bits per heavy atom. The van der Waals surface area contributed by atoms with Gasteiger partial charge in [0.1, 0.15) is 0 Å². The predicted octanol–water partition coefficient (Wildman–Crippen LogP) is 2.42. The molecule has 2 heterocycles. The Morgan fingerprint density at radius 1 is 1.21 bits per heavy atom. The Balaban J connectivity index is 2.20. The van der Waals surface area contributed by atoms with E-state index in [2.05, 4.69) is 15.3 Å². The van der Waals surface area contributed by atoms with E-state index in [1.165, 1.54) is 0 Å². The predicted molar refractivity (Wildman–Crippen MR) is 74.2 cm³/mol. The van der Waals surface area contributed by atoms with Crippen molar-refractivity contribution in [2.45, 2.75) is 20.4 Å². The topological polar surface area (TPSA) is 54.9 Å². The van der Waals surface area contributed by atoms with E-state index in [1.54, 1.807) is 18.6 Å². The van der Waals surface area contributed by atoms with Gasteiger partial charge in [0.2, 0.25) is 5.91 Å². The fourth-order valence-electron chi connectivity index (χ4n) is 1.74. The first-order valence-electron chi connectivity index (χ1n) is 6.30. The highest BCUT2D eigenvalue weighted by atomic mass is 16.1. The molecule has 0 fully saturated rings. The minimum absolute atomic E-state index is 0.0129. The van der Waals surface area contributed by atoms with E-state index < -0.39 is 0 Å². The fraction of sp³-hybridized carbons (Fsp3) is 0.267. The van der Waals surface area contributed by atoms with Gasteiger partial charge in [-0.15, -0.1) is 0 Å². The van der Waals surface area contributed by atoms with Crippen LogP contribution in [0.4, 0.5) is 0 Å². The van der Waals surface area contributed by atoms with Crippen LogP contribution in [-0.2, 0) is 11.3 Å². The van der Waals surface area contributed by atoms with Crippen molar-refractivity contribution in [3.05, 3.63) is 48.4 Å². The van der Waals surface area contributed by atoms with Crippen molar-refractivity contribution < 1.29 is 4.79 Å². The molecule has 19 heavy (non-hydrogen) atoms. The number of pyridine rings is 2. The van der Waals surface area contributed by atoms with Crippen LogP contribution in [0, 0.1) is 5.92 Å². The van der Waals surface area contributed by atoms with E-state index in [0.29, 0.717) is 6.54 Å². The summed E-state index contributed by atoms with van der Waals surface area (Å²) in [5, 5.41) is 2.91. The standard InChI is InChI=1S/C15H17N3O/c1-11(2)15(19)18-10-13-4-3-7-17-14(13)12-5-8-16-9-6-12/h3-9,11H,10H2,1-2H3,(H,18,19). The first-order chi connectivity index (χ1) is 9.18. The van der Waals surface area contributed by atoms with Gasteiger partial charge >= 0.3 is 0 Å². The number of amides is 1. The van der Waals surface area contributed by atoms with Crippen LogP contribution in [0.1, 0.15) is 19.4 Å². The highest BCUT2D eigenvalue weighted by Crippen LogP contribution is 2.20. The molecule has 0 aliphatic rings. The molecular weight excluding hydrogens is 238 g/mol. The van der Waals surface area contributed by atoms with E-state index in [0.717, 1.165) is 16.8 Å². The number of aromatic nitrogens is 2. The lowest BCUT2D eigenvalue weighted by Crippen LogP contribution is -2.27. The van der Waals surface area contributed by atoms with Gasteiger partial charge in [-0.2, -0.15) is 0 Å². The quantitative estimate of drug-likeness (QED) is 0.912. The molecule has 0 aliphatic heterocycles. The van der Waals surface area contributed by atoms with Gasteiger partial charge in [0.15, 0.2) is 0 Å². The molecule has 2 rings (SSSR count). The Bertz CT molecular complexity index is 552. The highest BCUT2D eigenvalue weighted by molar-refractivity contribution is 5.78. The molecule has 0 atom stereocenters. The van der Waals surface area contributed by atoms with E-state index in [4.69, 9.17) is 0 Å². The van der Waals surface area contributed by atoms with Crippen LogP contribution in [-0.4, -0.2) is 15.9 Å². The lowest BCUT2D eigenvalue weighted by Gasteiger charge is -2.11. The van der Waals surface area contributed by atoms with Crippen LogP contribution in [0.25, 0.3) is 11.3 Å². The average Bonchev–Trinajstić information content (AvgIpc) is 2.46. The first kappa shape index (κ1) is 13.2. The third-order valence-corrected chi connectivity index (χ3v) is 2.82. The smallest absolute Gasteiger partial charge is 0.222 e. The van der Waals surface area contributed by atoms with Crippen molar-refractivity contribution in [2.75, 3.05) is 0 Å². The molecule has 4 nitrogen and oxygen atoms in total. The summed E-state index contributed by atoms with van der Waals surface area (Å²) >= 11 is 0. The third-order valence-electron chi connectivity index (χ3n) is 2.82. The SMILES string of the molecule is CC(C)C(=O)NCc1cccnc1-c1ccncc1. The van der Waals surface area contributed by atoms with Crippen LogP contribution < -0.4 is 5.32 Å². The van der Waals surface area contributed by atoms with Gasteiger partial charge in [-0.1, -0.05) is 19.9 Å². The fourth-order valence-corrected chi connectivity index (χ4v) is 1.74. The Hall–Kier alpha value is -2.23. The molecule has 2 aromatic heterocycles. The molecule has 0 bridgehead atoms. The summed E-state index contributed by atoms with van der Waals surface area (Å²) in [6, 6.07) is 7.68. The lowest BCUT2D eigenvalue weighted by atomic mass is 10.1. The second kappa shape index (κ2) is 6.09. The monoisotopic (exact) mass is 255 g/mol. The molecule has 0 aliphatic carbocycles. The molecule has 0 saturated carbocycles. The van der Waals surface area contributed by atoms with Crippen LogP contribution >= 0.6 is 0 Å². The van der Waals surface area contributed by atoms with Gasteiger partial charge in [0.05, 0.1) is 5.69 Å². The molecule has 98 valence electrons. The van der Waals surface area contributed by atoms with Gasteiger partial charge in [0.25, 0.3) is 0 Å². The third kappa shape index (κ3) is 3.37.